The third kappa shape index (κ3) is 5.24. The van der Waals surface area contributed by atoms with E-state index in [-0.39, 0.29) is 5.60 Å². The highest BCUT2D eigenvalue weighted by molar-refractivity contribution is 5.76. The number of aryl methyl sites for hydroxylation is 1. The molecule has 1 amide bonds. The summed E-state index contributed by atoms with van der Waals surface area (Å²) in [6.45, 7) is 11.9. The predicted octanol–water partition coefficient (Wildman–Crippen LogP) is 3.19. The number of amides is 1. The van der Waals surface area contributed by atoms with Gasteiger partial charge in [-0.05, 0) is 51.5 Å². The molecule has 0 unspecified atom stereocenters. The van der Waals surface area contributed by atoms with Gasteiger partial charge in [0.15, 0.2) is 0 Å². The van der Waals surface area contributed by atoms with Gasteiger partial charge in [0.1, 0.15) is 0 Å². The minimum atomic E-state index is -0.00565. The van der Waals surface area contributed by atoms with E-state index in [0.717, 1.165) is 51.8 Å². The molecular formula is C25H39N3O2. The Kier molecular flexibility index (Phi) is 7.12. The molecule has 5 nitrogen and oxygen atoms in total. The summed E-state index contributed by atoms with van der Waals surface area (Å²) in [6, 6.07) is 11.6. The van der Waals surface area contributed by atoms with Crippen LogP contribution >= 0.6 is 0 Å². The highest BCUT2D eigenvalue weighted by Crippen LogP contribution is 2.37. The number of nitrogens with zero attached hydrogens (tertiary/aromatic N) is 3. The lowest BCUT2D eigenvalue weighted by Gasteiger charge is -2.50. The first kappa shape index (κ1) is 21.8. The molecule has 3 heterocycles. The normalized spacial score (nSPS) is 25.7. The first-order chi connectivity index (χ1) is 14.5. The van der Waals surface area contributed by atoms with E-state index in [0.29, 0.717) is 24.4 Å². The van der Waals surface area contributed by atoms with E-state index in [9.17, 15) is 4.79 Å². The third-order valence-electron chi connectivity index (χ3n) is 7.56. The largest absolute Gasteiger partial charge is 0.375 e. The molecule has 0 bridgehead atoms. The van der Waals surface area contributed by atoms with E-state index in [1.165, 1.54) is 31.7 Å². The molecule has 1 atom stereocenters. The number of hydrogen-bond donors (Lipinski definition) is 0. The highest BCUT2D eigenvalue weighted by Gasteiger charge is 2.42. The number of carbonyl (C=O) groups is 1. The summed E-state index contributed by atoms with van der Waals surface area (Å²) in [6.07, 6.45) is 5.73. The van der Waals surface area contributed by atoms with Crippen molar-refractivity contribution in [3.8, 4) is 0 Å². The molecule has 5 heteroatoms. The molecule has 166 valence electrons. The summed E-state index contributed by atoms with van der Waals surface area (Å²) in [7, 11) is 0. The maximum absolute atomic E-state index is 12.7. The predicted molar refractivity (Wildman–Crippen MR) is 121 cm³/mol. The van der Waals surface area contributed by atoms with Crippen molar-refractivity contribution in [1.29, 1.82) is 0 Å². The third-order valence-corrected chi connectivity index (χ3v) is 7.56. The van der Waals surface area contributed by atoms with Gasteiger partial charge in [-0.1, -0.05) is 30.3 Å². The van der Waals surface area contributed by atoms with Gasteiger partial charge in [-0.3, -0.25) is 14.6 Å². The van der Waals surface area contributed by atoms with Crippen LogP contribution in [0.4, 0.5) is 0 Å². The molecule has 3 saturated heterocycles. The summed E-state index contributed by atoms with van der Waals surface area (Å²) >= 11 is 0. The summed E-state index contributed by atoms with van der Waals surface area (Å²) in [5.41, 5.74) is 1.24. The van der Waals surface area contributed by atoms with Crippen LogP contribution in [0.5, 0.6) is 0 Å². The Bertz CT molecular complexity index is 677. The first-order valence-corrected chi connectivity index (χ1v) is 12.0. The Morgan fingerprint density at radius 1 is 1.07 bits per heavy atom. The molecule has 0 radical (unpaired) electrons. The van der Waals surface area contributed by atoms with Crippen molar-refractivity contribution < 1.29 is 9.53 Å². The monoisotopic (exact) mass is 413 g/mol. The Hall–Kier alpha value is -1.43. The van der Waals surface area contributed by atoms with Gasteiger partial charge in [-0.25, -0.2) is 0 Å². The maximum atomic E-state index is 12.7. The van der Waals surface area contributed by atoms with Crippen LogP contribution in [0.15, 0.2) is 30.3 Å². The zero-order valence-electron chi connectivity index (χ0n) is 18.9. The Labute approximate surface area is 182 Å². The van der Waals surface area contributed by atoms with E-state index in [1.807, 2.05) is 18.2 Å². The lowest BCUT2D eigenvalue weighted by atomic mass is 9.81. The van der Waals surface area contributed by atoms with Gasteiger partial charge in [0.2, 0.25) is 5.91 Å². The van der Waals surface area contributed by atoms with Crippen molar-refractivity contribution >= 4 is 5.91 Å². The molecule has 1 aromatic carbocycles. The van der Waals surface area contributed by atoms with Gasteiger partial charge in [0.05, 0.1) is 5.60 Å². The van der Waals surface area contributed by atoms with Crippen molar-refractivity contribution in [1.82, 2.24) is 14.7 Å². The lowest BCUT2D eigenvalue weighted by molar-refractivity contribution is -0.150. The average Bonchev–Trinajstić information content (AvgIpc) is 2.79. The number of rotatable bonds is 5. The van der Waals surface area contributed by atoms with Gasteiger partial charge in [0, 0.05) is 64.4 Å². The molecular weight excluding hydrogens is 374 g/mol. The number of likely N-dealkylation sites (tertiary alicyclic amines) is 1. The van der Waals surface area contributed by atoms with Crippen LogP contribution in [-0.2, 0) is 16.0 Å². The maximum Gasteiger partial charge on any atom is 0.222 e. The van der Waals surface area contributed by atoms with E-state index in [1.54, 1.807) is 0 Å². The zero-order valence-corrected chi connectivity index (χ0v) is 18.9. The quantitative estimate of drug-likeness (QED) is 0.743. The van der Waals surface area contributed by atoms with Crippen LogP contribution in [0.3, 0.4) is 0 Å². The molecule has 3 aliphatic rings. The van der Waals surface area contributed by atoms with Crippen molar-refractivity contribution in [2.24, 2.45) is 0 Å². The molecule has 30 heavy (non-hydrogen) atoms. The number of piperazine rings is 1. The van der Waals surface area contributed by atoms with Crippen LogP contribution in [0.2, 0.25) is 0 Å². The number of hydrogen-bond acceptors (Lipinski definition) is 4. The van der Waals surface area contributed by atoms with Gasteiger partial charge >= 0.3 is 0 Å². The second kappa shape index (κ2) is 9.80. The first-order valence-electron chi connectivity index (χ1n) is 12.0. The van der Waals surface area contributed by atoms with Crippen LogP contribution in [0.25, 0.3) is 0 Å². The second-order valence-corrected chi connectivity index (χ2v) is 9.71. The van der Waals surface area contributed by atoms with Crippen molar-refractivity contribution in [2.75, 3.05) is 45.9 Å². The van der Waals surface area contributed by atoms with Gasteiger partial charge in [-0.2, -0.15) is 0 Å². The van der Waals surface area contributed by atoms with Gasteiger partial charge in [-0.15, -0.1) is 0 Å². The van der Waals surface area contributed by atoms with Crippen molar-refractivity contribution in [3.05, 3.63) is 35.9 Å². The molecule has 1 aromatic rings. The van der Waals surface area contributed by atoms with E-state index >= 15 is 0 Å². The number of carbonyl (C=O) groups excluding carboxylic acids is 1. The van der Waals surface area contributed by atoms with E-state index < -0.39 is 0 Å². The number of benzene rings is 1. The second-order valence-electron chi connectivity index (χ2n) is 9.71. The fraction of sp³-hybridized carbons (Fsp3) is 0.720. The highest BCUT2D eigenvalue weighted by atomic mass is 16.5. The number of piperidine rings is 1. The molecule has 4 rings (SSSR count). The van der Waals surface area contributed by atoms with Crippen LogP contribution in [0, 0.1) is 0 Å². The molecule has 3 fully saturated rings. The smallest absolute Gasteiger partial charge is 0.222 e. The molecule has 0 N–H and O–H groups in total. The molecule has 0 aromatic heterocycles. The van der Waals surface area contributed by atoms with Crippen molar-refractivity contribution in [3.63, 3.8) is 0 Å². The zero-order chi connectivity index (χ0) is 21.0. The van der Waals surface area contributed by atoms with Crippen molar-refractivity contribution in [2.45, 2.75) is 70.1 Å². The summed E-state index contributed by atoms with van der Waals surface area (Å²) in [5.74, 6) is 0.297. The Balaban J connectivity index is 1.25. The summed E-state index contributed by atoms with van der Waals surface area (Å²) in [4.78, 5) is 20.1. The summed E-state index contributed by atoms with van der Waals surface area (Å²) < 4.78 is 6.37. The van der Waals surface area contributed by atoms with Gasteiger partial charge in [0.25, 0.3) is 0 Å². The van der Waals surface area contributed by atoms with E-state index in [2.05, 4.69) is 40.7 Å². The van der Waals surface area contributed by atoms with Crippen LogP contribution < -0.4 is 0 Å². The standard InChI is InChI=1S/C25H39N3O2/c1-21(2)26-15-17-27(18-16-26)23-10-19-30-25(20-23)11-13-28(14-12-25)24(29)9-8-22-6-4-3-5-7-22/h3-7,21,23H,8-20H2,1-2H3/t23-/m1/s1. The SMILES string of the molecule is CC(C)N1CCN([C@@H]2CCOC3(CCN(C(=O)CCc4ccccc4)CC3)C2)CC1. The molecule has 0 aliphatic carbocycles. The Morgan fingerprint density at radius 3 is 2.43 bits per heavy atom. The number of ether oxygens (including phenoxy) is 1. The summed E-state index contributed by atoms with van der Waals surface area (Å²) in [5, 5.41) is 0. The fourth-order valence-corrected chi connectivity index (χ4v) is 5.50. The van der Waals surface area contributed by atoms with Crippen LogP contribution in [-0.4, -0.2) is 84.2 Å². The Morgan fingerprint density at radius 2 is 1.77 bits per heavy atom. The van der Waals surface area contributed by atoms with Gasteiger partial charge < -0.3 is 9.64 Å². The molecule has 3 aliphatic heterocycles. The average molecular weight is 414 g/mol. The molecule has 0 saturated carbocycles. The fourth-order valence-electron chi connectivity index (χ4n) is 5.50. The minimum absolute atomic E-state index is 0.00565. The van der Waals surface area contributed by atoms with E-state index in [4.69, 9.17) is 4.74 Å². The topological polar surface area (TPSA) is 36.0 Å². The molecule has 1 spiro atoms. The minimum Gasteiger partial charge on any atom is -0.375 e. The lowest BCUT2D eigenvalue weighted by Crippen LogP contribution is -2.58. The van der Waals surface area contributed by atoms with Crippen LogP contribution in [0.1, 0.15) is 51.5 Å².